The number of aryl methyl sites for hydroxylation is 1. The van der Waals surface area contributed by atoms with E-state index in [9.17, 15) is 4.79 Å². The average Bonchev–Trinajstić information content (AvgIpc) is 2.76. The minimum atomic E-state index is -0.0462. The van der Waals surface area contributed by atoms with Gasteiger partial charge in [-0.05, 0) is 12.8 Å². The zero-order valence-corrected chi connectivity index (χ0v) is 10.6. The third-order valence-corrected chi connectivity index (χ3v) is 2.84. The van der Waals surface area contributed by atoms with Crippen molar-refractivity contribution in [2.45, 2.75) is 25.4 Å². The molecule has 0 saturated carbocycles. The lowest BCUT2D eigenvalue weighted by atomic mass is 10.1. The molecule has 1 aromatic rings. The number of hydrogen-bond acceptors (Lipinski definition) is 4. The molecule has 0 unspecified atom stereocenters. The van der Waals surface area contributed by atoms with Crippen LogP contribution >= 0.6 is 0 Å². The number of carbonyl (C=O) groups excluding carboxylic acids is 1. The monoisotopic (exact) mass is 253 g/mol. The molecule has 0 aliphatic carbocycles. The Kier molecular flexibility index (Phi) is 4.72. The SMILES string of the molecule is Cn1cc(NC(=O)CCOC2CCOCC2)cn1. The molecular weight excluding hydrogens is 234 g/mol. The summed E-state index contributed by atoms with van der Waals surface area (Å²) in [5, 5.41) is 6.75. The Morgan fingerprint density at radius 3 is 3.06 bits per heavy atom. The fourth-order valence-electron chi connectivity index (χ4n) is 1.87. The minimum absolute atomic E-state index is 0.0462. The van der Waals surface area contributed by atoms with Gasteiger partial charge in [0.05, 0.1) is 31.0 Å². The quantitative estimate of drug-likeness (QED) is 0.848. The Morgan fingerprint density at radius 2 is 2.39 bits per heavy atom. The summed E-state index contributed by atoms with van der Waals surface area (Å²) in [5.41, 5.74) is 0.716. The molecule has 1 amide bonds. The standard InChI is InChI=1S/C12H19N3O3/c1-15-9-10(8-13-15)14-12(16)4-7-18-11-2-5-17-6-3-11/h8-9,11H,2-7H2,1H3,(H,14,16). The summed E-state index contributed by atoms with van der Waals surface area (Å²) >= 11 is 0. The van der Waals surface area contributed by atoms with Crippen molar-refractivity contribution in [1.29, 1.82) is 0 Å². The highest BCUT2D eigenvalue weighted by molar-refractivity contribution is 5.90. The molecule has 1 N–H and O–H groups in total. The van der Waals surface area contributed by atoms with Crippen LogP contribution in [0.15, 0.2) is 12.4 Å². The van der Waals surface area contributed by atoms with Gasteiger partial charge >= 0.3 is 0 Å². The number of aromatic nitrogens is 2. The first-order valence-electron chi connectivity index (χ1n) is 6.22. The highest BCUT2D eigenvalue weighted by atomic mass is 16.5. The first kappa shape index (κ1) is 13.0. The van der Waals surface area contributed by atoms with Crippen LogP contribution in [-0.4, -0.2) is 41.6 Å². The van der Waals surface area contributed by atoms with E-state index in [4.69, 9.17) is 9.47 Å². The largest absolute Gasteiger partial charge is 0.381 e. The highest BCUT2D eigenvalue weighted by Crippen LogP contribution is 2.11. The van der Waals surface area contributed by atoms with Crippen molar-refractivity contribution in [2.24, 2.45) is 7.05 Å². The number of nitrogens with one attached hydrogen (secondary N) is 1. The van der Waals surface area contributed by atoms with Crippen LogP contribution in [0.1, 0.15) is 19.3 Å². The number of amides is 1. The van der Waals surface area contributed by atoms with Gasteiger partial charge in [-0.3, -0.25) is 9.48 Å². The molecule has 1 fully saturated rings. The van der Waals surface area contributed by atoms with Crippen molar-refractivity contribution < 1.29 is 14.3 Å². The second-order valence-electron chi connectivity index (χ2n) is 4.38. The zero-order chi connectivity index (χ0) is 12.8. The van der Waals surface area contributed by atoms with E-state index in [0.29, 0.717) is 18.7 Å². The number of ether oxygens (including phenoxy) is 2. The predicted molar refractivity (Wildman–Crippen MR) is 66.2 cm³/mol. The summed E-state index contributed by atoms with van der Waals surface area (Å²) in [6.07, 6.45) is 5.83. The van der Waals surface area contributed by atoms with Gasteiger partial charge in [-0.25, -0.2) is 0 Å². The Hall–Kier alpha value is -1.40. The van der Waals surface area contributed by atoms with Gasteiger partial charge in [0.15, 0.2) is 0 Å². The van der Waals surface area contributed by atoms with Crippen molar-refractivity contribution in [3.63, 3.8) is 0 Å². The van der Waals surface area contributed by atoms with E-state index in [1.165, 1.54) is 0 Å². The van der Waals surface area contributed by atoms with Crippen LogP contribution in [0.4, 0.5) is 5.69 Å². The van der Waals surface area contributed by atoms with Crippen LogP contribution in [-0.2, 0) is 21.3 Å². The lowest BCUT2D eigenvalue weighted by Crippen LogP contribution is -2.25. The van der Waals surface area contributed by atoms with Gasteiger partial charge in [-0.15, -0.1) is 0 Å². The van der Waals surface area contributed by atoms with E-state index in [1.807, 2.05) is 7.05 Å². The summed E-state index contributed by atoms with van der Waals surface area (Å²) in [6.45, 7) is 1.97. The van der Waals surface area contributed by atoms with E-state index < -0.39 is 0 Å². The number of rotatable bonds is 5. The molecule has 0 aromatic carbocycles. The molecule has 1 aromatic heterocycles. The van der Waals surface area contributed by atoms with Crippen LogP contribution in [0.25, 0.3) is 0 Å². The lowest BCUT2D eigenvalue weighted by molar-refractivity contribution is -0.118. The molecular formula is C12H19N3O3. The normalized spacial score (nSPS) is 16.7. The minimum Gasteiger partial charge on any atom is -0.381 e. The van der Waals surface area contributed by atoms with Gasteiger partial charge < -0.3 is 14.8 Å². The van der Waals surface area contributed by atoms with Gasteiger partial charge in [0.2, 0.25) is 5.91 Å². The number of nitrogens with zero attached hydrogens (tertiary/aromatic N) is 2. The van der Waals surface area contributed by atoms with Gasteiger partial charge in [0.1, 0.15) is 0 Å². The maximum absolute atomic E-state index is 11.6. The van der Waals surface area contributed by atoms with E-state index in [-0.39, 0.29) is 12.0 Å². The molecule has 6 nitrogen and oxygen atoms in total. The summed E-state index contributed by atoms with van der Waals surface area (Å²) in [7, 11) is 1.81. The number of anilines is 1. The molecule has 100 valence electrons. The van der Waals surface area contributed by atoms with E-state index >= 15 is 0 Å². The van der Waals surface area contributed by atoms with Crippen molar-refractivity contribution in [3.8, 4) is 0 Å². The molecule has 0 atom stereocenters. The van der Waals surface area contributed by atoms with E-state index in [2.05, 4.69) is 10.4 Å². The molecule has 1 aliphatic rings. The van der Waals surface area contributed by atoms with Crippen LogP contribution in [0.2, 0.25) is 0 Å². The summed E-state index contributed by atoms with van der Waals surface area (Å²) in [6, 6.07) is 0. The van der Waals surface area contributed by atoms with Crippen molar-refractivity contribution in [3.05, 3.63) is 12.4 Å². The van der Waals surface area contributed by atoms with Crippen LogP contribution in [0.5, 0.6) is 0 Å². The van der Waals surface area contributed by atoms with Crippen LogP contribution < -0.4 is 5.32 Å². The third-order valence-electron chi connectivity index (χ3n) is 2.84. The summed E-state index contributed by atoms with van der Waals surface area (Å²) < 4.78 is 12.5. The topological polar surface area (TPSA) is 65.4 Å². The van der Waals surface area contributed by atoms with Crippen molar-refractivity contribution >= 4 is 11.6 Å². The maximum atomic E-state index is 11.6. The van der Waals surface area contributed by atoms with Gasteiger partial charge in [0, 0.05) is 26.5 Å². The second-order valence-corrected chi connectivity index (χ2v) is 4.38. The first-order valence-corrected chi connectivity index (χ1v) is 6.22. The van der Waals surface area contributed by atoms with Gasteiger partial charge in [-0.1, -0.05) is 0 Å². The zero-order valence-electron chi connectivity index (χ0n) is 10.6. The molecule has 0 spiro atoms. The molecule has 1 saturated heterocycles. The first-order chi connectivity index (χ1) is 8.74. The molecule has 0 radical (unpaired) electrons. The number of hydrogen-bond donors (Lipinski definition) is 1. The van der Waals surface area contributed by atoms with Crippen molar-refractivity contribution in [1.82, 2.24) is 9.78 Å². The van der Waals surface area contributed by atoms with Gasteiger partial charge in [-0.2, -0.15) is 5.10 Å². The second kappa shape index (κ2) is 6.51. The summed E-state index contributed by atoms with van der Waals surface area (Å²) in [5.74, 6) is -0.0462. The Balaban J connectivity index is 1.62. The fraction of sp³-hybridized carbons (Fsp3) is 0.667. The average molecular weight is 253 g/mol. The maximum Gasteiger partial charge on any atom is 0.226 e. The lowest BCUT2D eigenvalue weighted by Gasteiger charge is -2.22. The molecule has 0 bridgehead atoms. The summed E-state index contributed by atoms with van der Waals surface area (Å²) in [4.78, 5) is 11.6. The Labute approximate surface area is 106 Å². The van der Waals surface area contributed by atoms with Gasteiger partial charge in [0.25, 0.3) is 0 Å². The third kappa shape index (κ3) is 4.12. The van der Waals surface area contributed by atoms with E-state index in [0.717, 1.165) is 26.1 Å². The fourth-order valence-corrected chi connectivity index (χ4v) is 1.87. The smallest absolute Gasteiger partial charge is 0.226 e. The molecule has 2 heterocycles. The van der Waals surface area contributed by atoms with Crippen LogP contribution in [0.3, 0.4) is 0 Å². The molecule has 2 rings (SSSR count). The van der Waals surface area contributed by atoms with Crippen LogP contribution in [0, 0.1) is 0 Å². The predicted octanol–water partition coefficient (Wildman–Crippen LogP) is 0.944. The van der Waals surface area contributed by atoms with E-state index in [1.54, 1.807) is 17.1 Å². The molecule has 18 heavy (non-hydrogen) atoms. The Bertz CT molecular complexity index is 386. The molecule has 6 heteroatoms. The molecule has 1 aliphatic heterocycles. The van der Waals surface area contributed by atoms with Crippen molar-refractivity contribution in [2.75, 3.05) is 25.1 Å². The Morgan fingerprint density at radius 1 is 1.61 bits per heavy atom. The highest BCUT2D eigenvalue weighted by Gasteiger charge is 2.14. The number of carbonyl (C=O) groups is 1.